The number of nitrogens with zero attached hydrogens (tertiary/aromatic N) is 3. The van der Waals surface area contributed by atoms with Crippen molar-refractivity contribution in [1.82, 2.24) is 20.0 Å². The van der Waals surface area contributed by atoms with Gasteiger partial charge in [-0.15, -0.1) is 0 Å². The number of amides is 3. The Morgan fingerprint density at radius 3 is 2.90 bits per heavy atom. The maximum absolute atomic E-state index is 12.8. The number of nitrogens with one attached hydrogen (secondary N) is 1. The van der Waals surface area contributed by atoms with Gasteiger partial charge in [0.1, 0.15) is 6.04 Å². The van der Waals surface area contributed by atoms with Crippen LogP contribution < -0.4 is 0 Å². The van der Waals surface area contributed by atoms with Crippen molar-refractivity contribution in [2.75, 3.05) is 0 Å². The van der Waals surface area contributed by atoms with E-state index < -0.39 is 0 Å². The number of urea groups is 1. The molecular weight excluding hydrogens is 268 g/mol. The number of aromatic amines is 1. The fourth-order valence-corrected chi connectivity index (χ4v) is 4.33. The van der Waals surface area contributed by atoms with E-state index in [9.17, 15) is 9.59 Å². The van der Waals surface area contributed by atoms with Crippen LogP contribution >= 0.6 is 0 Å². The quantitative estimate of drug-likeness (QED) is 0.847. The highest BCUT2D eigenvalue weighted by Gasteiger charge is 2.56. The Bertz CT molecular complexity index is 570. The molecule has 4 rings (SSSR count). The standard InChI is InChI=1S/C15H20N4O2/c1-9(11-7-16-17-8-11)18-14(20)13-6-10-4-2-3-5-12(10)19(13)15(18)21/h7-10,12-13H,2-6H2,1H3,(H,16,17). The van der Waals surface area contributed by atoms with Gasteiger partial charge in [-0.05, 0) is 32.1 Å². The second-order valence-electron chi connectivity index (χ2n) is 6.47. The van der Waals surface area contributed by atoms with Gasteiger partial charge in [-0.2, -0.15) is 5.10 Å². The summed E-state index contributed by atoms with van der Waals surface area (Å²) >= 11 is 0. The van der Waals surface area contributed by atoms with Crippen molar-refractivity contribution in [2.24, 2.45) is 5.92 Å². The number of carbonyl (C=O) groups is 2. The van der Waals surface area contributed by atoms with Crippen molar-refractivity contribution >= 4 is 11.9 Å². The van der Waals surface area contributed by atoms with Crippen molar-refractivity contribution < 1.29 is 9.59 Å². The number of rotatable bonds is 2. The number of imide groups is 1. The molecule has 3 aliphatic rings. The lowest BCUT2D eigenvalue weighted by Gasteiger charge is -2.31. The van der Waals surface area contributed by atoms with Gasteiger partial charge < -0.3 is 4.90 Å². The molecule has 112 valence electrons. The average molecular weight is 288 g/mol. The van der Waals surface area contributed by atoms with Gasteiger partial charge in [0.05, 0.1) is 12.2 Å². The molecule has 1 aromatic heterocycles. The first-order valence-corrected chi connectivity index (χ1v) is 7.82. The first-order chi connectivity index (χ1) is 10.2. The number of aromatic nitrogens is 2. The molecule has 2 saturated heterocycles. The molecule has 21 heavy (non-hydrogen) atoms. The van der Waals surface area contributed by atoms with Gasteiger partial charge in [-0.1, -0.05) is 12.8 Å². The van der Waals surface area contributed by atoms with Gasteiger partial charge in [-0.25, -0.2) is 4.79 Å². The fourth-order valence-electron chi connectivity index (χ4n) is 4.33. The molecule has 3 heterocycles. The van der Waals surface area contributed by atoms with E-state index in [1.165, 1.54) is 17.7 Å². The third-order valence-electron chi connectivity index (χ3n) is 5.43. The Morgan fingerprint density at radius 1 is 1.33 bits per heavy atom. The lowest BCUT2D eigenvalue weighted by molar-refractivity contribution is -0.129. The lowest BCUT2D eigenvalue weighted by atomic mass is 9.84. The molecule has 0 bridgehead atoms. The molecule has 0 radical (unpaired) electrons. The van der Waals surface area contributed by atoms with E-state index in [4.69, 9.17) is 0 Å². The molecule has 1 N–H and O–H groups in total. The predicted molar refractivity (Wildman–Crippen MR) is 75.2 cm³/mol. The maximum atomic E-state index is 12.8. The molecule has 6 nitrogen and oxygen atoms in total. The molecule has 2 aliphatic heterocycles. The van der Waals surface area contributed by atoms with Gasteiger partial charge in [-0.3, -0.25) is 14.8 Å². The molecule has 1 aromatic rings. The van der Waals surface area contributed by atoms with Crippen LogP contribution in [-0.4, -0.2) is 44.0 Å². The van der Waals surface area contributed by atoms with Crippen LogP contribution in [0.1, 0.15) is 50.6 Å². The fraction of sp³-hybridized carbons (Fsp3) is 0.667. The van der Waals surface area contributed by atoms with E-state index in [0.29, 0.717) is 5.92 Å². The molecule has 3 amide bonds. The van der Waals surface area contributed by atoms with Crippen molar-refractivity contribution in [2.45, 2.75) is 57.2 Å². The summed E-state index contributed by atoms with van der Waals surface area (Å²) in [7, 11) is 0. The summed E-state index contributed by atoms with van der Waals surface area (Å²) in [6.07, 6.45) is 8.89. The van der Waals surface area contributed by atoms with Crippen LogP contribution in [0.25, 0.3) is 0 Å². The first kappa shape index (κ1) is 12.9. The lowest BCUT2D eigenvalue weighted by Crippen LogP contribution is -2.41. The van der Waals surface area contributed by atoms with Crippen LogP contribution in [0.15, 0.2) is 12.4 Å². The number of H-pyrrole nitrogens is 1. The Kier molecular flexibility index (Phi) is 2.80. The van der Waals surface area contributed by atoms with Crippen molar-refractivity contribution in [3.63, 3.8) is 0 Å². The average Bonchev–Trinajstić information content (AvgIpc) is 3.18. The largest absolute Gasteiger partial charge is 0.328 e. The zero-order valence-electron chi connectivity index (χ0n) is 12.2. The molecular formula is C15H20N4O2. The molecule has 4 unspecified atom stereocenters. The molecule has 4 atom stereocenters. The summed E-state index contributed by atoms with van der Waals surface area (Å²) in [5, 5.41) is 6.66. The summed E-state index contributed by atoms with van der Waals surface area (Å²) in [6, 6.07) is -0.300. The summed E-state index contributed by atoms with van der Waals surface area (Å²) < 4.78 is 0. The van der Waals surface area contributed by atoms with E-state index in [1.807, 2.05) is 11.8 Å². The van der Waals surface area contributed by atoms with Gasteiger partial charge in [0, 0.05) is 17.8 Å². The minimum atomic E-state index is -0.253. The second-order valence-corrected chi connectivity index (χ2v) is 6.47. The van der Waals surface area contributed by atoms with Crippen LogP contribution in [0, 0.1) is 5.92 Å². The van der Waals surface area contributed by atoms with E-state index in [0.717, 1.165) is 24.8 Å². The van der Waals surface area contributed by atoms with E-state index in [-0.39, 0.29) is 30.1 Å². The van der Waals surface area contributed by atoms with E-state index in [2.05, 4.69) is 10.2 Å². The SMILES string of the molecule is CC(c1cn[nH]c1)N1C(=O)C2CC3CCCCC3N2C1=O. The molecule has 3 fully saturated rings. The minimum absolute atomic E-state index is 0.0249. The third-order valence-corrected chi connectivity index (χ3v) is 5.43. The van der Waals surface area contributed by atoms with Gasteiger partial charge in [0.2, 0.25) is 0 Å². The summed E-state index contributed by atoms with van der Waals surface area (Å²) in [5.74, 6) is 0.506. The van der Waals surface area contributed by atoms with E-state index >= 15 is 0 Å². The number of fused-ring (bicyclic) bond motifs is 3. The summed E-state index contributed by atoms with van der Waals surface area (Å²) in [4.78, 5) is 28.8. The van der Waals surface area contributed by atoms with Gasteiger partial charge >= 0.3 is 6.03 Å². The zero-order valence-corrected chi connectivity index (χ0v) is 12.2. The van der Waals surface area contributed by atoms with Crippen molar-refractivity contribution in [1.29, 1.82) is 0 Å². The summed E-state index contributed by atoms with van der Waals surface area (Å²) in [5.41, 5.74) is 0.873. The minimum Gasteiger partial charge on any atom is -0.309 e. The highest BCUT2D eigenvalue weighted by molar-refractivity contribution is 6.05. The van der Waals surface area contributed by atoms with Crippen LogP contribution in [0.5, 0.6) is 0 Å². The van der Waals surface area contributed by atoms with Crippen molar-refractivity contribution in [3.05, 3.63) is 18.0 Å². The highest BCUT2D eigenvalue weighted by Crippen LogP contribution is 2.44. The van der Waals surface area contributed by atoms with Crippen molar-refractivity contribution in [3.8, 4) is 0 Å². The highest BCUT2D eigenvalue weighted by atomic mass is 16.2. The molecule has 6 heteroatoms. The van der Waals surface area contributed by atoms with Gasteiger partial charge in [0.25, 0.3) is 5.91 Å². The summed E-state index contributed by atoms with van der Waals surface area (Å²) in [6.45, 7) is 1.89. The smallest absolute Gasteiger partial charge is 0.309 e. The number of carbonyl (C=O) groups excluding carboxylic acids is 2. The Hall–Kier alpha value is -1.85. The van der Waals surface area contributed by atoms with Crippen LogP contribution in [0.4, 0.5) is 4.79 Å². The van der Waals surface area contributed by atoms with Crippen LogP contribution in [0.2, 0.25) is 0 Å². The Balaban J connectivity index is 1.62. The number of hydrogen-bond acceptors (Lipinski definition) is 3. The second kappa shape index (κ2) is 4.58. The molecule has 0 spiro atoms. The van der Waals surface area contributed by atoms with Crippen LogP contribution in [0.3, 0.4) is 0 Å². The first-order valence-electron chi connectivity index (χ1n) is 7.82. The molecule has 1 saturated carbocycles. The van der Waals surface area contributed by atoms with E-state index in [1.54, 1.807) is 12.4 Å². The van der Waals surface area contributed by atoms with Crippen LogP contribution in [-0.2, 0) is 4.79 Å². The van der Waals surface area contributed by atoms with Gasteiger partial charge in [0.15, 0.2) is 0 Å². The third kappa shape index (κ3) is 1.74. The number of hydrogen-bond donors (Lipinski definition) is 1. The topological polar surface area (TPSA) is 69.3 Å². The normalized spacial score (nSPS) is 33.3. The predicted octanol–water partition coefficient (Wildman–Crippen LogP) is 2.07. The molecule has 0 aromatic carbocycles. The monoisotopic (exact) mass is 288 g/mol. The zero-order chi connectivity index (χ0) is 14.6. The molecule has 1 aliphatic carbocycles. The Labute approximate surface area is 123 Å². The maximum Gasteiger partial charge on any atom is 0.328 e. The Morgan fingerprint density at radius 2 is 2.14 bits per heavy atom.